The van der Waals surface area contributed by atoms with Crippen molar-refractivity contribution in [2.45, 2.75) is 12.8 Å². The first-order valence-corrected chi connectivity index (χ1v) is 6.94. The summed E-state index contributed by atoms with van der Waals surface area (Å²) < 4.78 is 6.28. The Balaban J connectivity index is 2.01. The number of aromatic amines is 1. The van der Waals surface area contributed by atoms with Crippen LogP contribution in [0.4, 0.5) is 0 Å². The van der Waals surface area contributed by atoms with Crippen LogP contribution in [0.2, 0.25) is 0 Å². The molecule has 4 heteroatoms. The minimum Gasteiger partial charge on any atom is -0.381 e. The molecule has 94 valence electrons. The molecule has 0 amide bonds. The van der Waals surface area contributed by atoms with Crippen molar-refractivity contribution in [3.63, 3.8) is 0 Å². The van der Waals surface area contributed by atoms with E-state index in [4.69, 9.17) is 4.74 Å². The molecule has 1 aliphatic heterocycles. The van der Waals surface area contributed by atoms with Crippen molar-refractivity contribution in [3.8, 4) is 0 Å². The van der Waals surface area contributed by atoms with Crippen molar-refractivity contribution in [3.05, 3.63) is 34.4 Å². The molecule has 3 rings (SSSR count). The van der Waals surface area contributed by atoms with Crippen LogP contribution in [0.25, 0.3) is 10.9 Å². The molecule has 0 bridgehead atoms. The van der Waals surface area contributed by atoms with Gasteiger partial charge in [-0.15, -0.1) is 0 Å². The summed E-state index contributed by atoms with van der Waals surface area (Å²) in [6.45, 7) is 1.39. The fourth-order valence-electron chi connectivity index (χ4n) is 2.51. The molecule has 3 nitrogen and oxygen atoms in total. The number of benzene rings is 1. The Morgan fingerprint density at radius 1 is 1.33 bits per heavy atom. The Kier molecular flexibility index (Phi) is 3.22. The molecule has 1 saturated heterocycles. The van der Waals surface area contributed by atoms with E-state index in [1.165, 1.54) is 0 Å². The molecular formula is C14H14BrNO2. The largest absolute Gasteiger partial charge is 0.381 e. The molecule has 0 radical (unpaired) electrons. The van der Waals surface area contributed by atoms with Gasteiger partial charge in [0.1, 0.15) is 0 Å². The minimum absolute atomic E-state index is 0.102. The third-order valence-electron chi connectivity index (χ3n) is 3.51. The summed E-state index contributed by atoms with van der Waals surface area (Å²) in [5.41, 5.74) is 1.80. The van der Waals surface area contributed by atoms with Crippen LogP contribution in [0, 0.1) is 5.92 Å². The molecular weight excluding hydrogens is 294 g/mol. The quantitative estimate of drug-likeness (QED) is 0.862. The van der Waals surface area contributed by atoms with Gasteiger partial charge in [0, 0.05) is 46.3 Å². The number of halogens is 1. The summed E-state index contributed by atoms with van der Waals surface area (Å²) in [4.78, 5) is 15.7. The van der Waals surface area contributed by atoms with Crippen molar-refractivity contribution in [2.75, 3.05) is 13.2 Å². The third kappa shape index (κ3) is 1.99. The van der Waals surface area contributed by atoms with Gasteiger partial charge in [-0.25, -0.2) is 0 Å². The molecule has 0 atom stereocenters. The predicted octanol–water partition coefficient (Wildman–Crippen LogP) is 3.54. The van der Waals surface area contributed by atoms with Crippen molar-refractivity contribution in [2.24, 2.45) is 5.92 Å². The number of carbonyl (C=O) groups excluding carboxylic acids is 1. The van der Waals surface area contributed by atoms with Crippen LogP contribution in [0.15, 0.2) is 28.9 Å². The number of rotatable bonds is 2. The highest BCUT2D eigenvalue weighted by Gasteiger charge is 2.25. The van der Waals surface area contributed by atoms with Crippen molar-refractivity contribution < 1.29 is 9.53 Å². The summed E-state index contributed by atoms with van der Waals surface area (Å²) >= 11 is 3.52. The zero-order valence-corrected chi connectivity index (χ0v) is 11.5. The summed E-state index contributed by atoms with van der Waals surface area (Å²) in [6, 6.07) is 5.92. The Hall–Kier alpha value is -1.13. The second-order valence-corrected chi connectivity index (χ2v) is 5.47. The van der Waals surface area contributed by atoms with Crippen LogP contribution >= 0.6 is 15.9 Å². The van der Waals surface area contributed by atoms with Gasteiger partial charge in [0.2, 0.25) is 0 Å². The lowest BCUT2D eigenvalue weighted by molar-refractivity contribution is 0.0546. The predicted molar refractivity (Wildman–Crippen MR) is 73.9 cm³/mol. The topological polar surface area (TPSA) is 42.1 Å². The van der Waals surface area contributed by atoms with Gasteiger partial charge in [-0.1, -0.05) is 22.0 Å². The Morgan fingerprint density at radius 2 is 2.11 bits per heavy atom. The molecule has 18 heavy (non-hydrogen) atoms. The van der Waals surface area contributed by atoms with Crippen molar-refractivity contribution in [1.29, 1.82) is 0 Å². The summed E-state index contributed by atoms with van der Waals surface area (Å²) in [7, 11) is 0. The van der Waals surface area contributed by atoms with Crippen LogP contribution in [-0.4, -0.2) is 24.0 Å². The molecule has 0 aliphatic carbocycles. The van der Waals surface area contributed by atoms with Gasteiger partial charge in [-0.05, 0) is 25.0 Å². The zero-order valence-electron chi connectivity index (χ0n) is 9.91. The number of aromatic nitrogens is 1. The number of Topliss-reactive ketones (excluding diaryl/α,β-unsaturated/α-hetero) is 1. The molecule has 0 saturated carbocycles. The van der Waals surface area contributed by atoms with Crippen LogP contribution in [-0.2, 0) is 4.74 Å². The number of nitrogens with one attached hydrogen (secondary N) is 1. The van der Waals surface area contributed by atoms with Gasteiger partial charge < -0.3 is 9.72 Å². The molecule has 2 aromatic rings. The zero-order chi connectivity index (χ0) is 12.5. The van der Waals surface area contributed by atoms with Gasteiger partial charge in [0.05, 0.1) is 0 Å². The molecule has 0 spiro atoms. The Morgan fingerprint density at radius 3 is 2.89 bits per heavy atom. The van der Waals surface area contributed by atoms with Gasteiger partial charge in [0.15, 0.2) is 5.78 Å². The van der Waals surface area contributed by atoms with E-state index in [1.54, 1.807) is 0 Å². The number of H-pyrrole nitrogens is 1. The van der Waals surface area contributed by atoms with Gasteiger partial charge in [0.25, 0.3) is 0 Å². The normalized spacial score (nSPS) is 17.2. The van der Waals surface area contributed by atoms with Crippen molar-refractivity contribution >= 4 is 32.6 Å². The van der Waals surface area contributed by atoms with E-state index < -0.39 is 0 Å². The van der Waals surface area contributed by atoms with E-state index in [0.29, 0.717) is 13.2 Å². The number of ether oxygens (including phenoxy) is 1. The Labute approximate surface area is 114 Å². The van der Waals surface area contributed by atoms with E-state index in [2.05, 4.69) is 20.9 Å². The fourth-order valence-corrected chi connectivity index (χ4v) is 3.09. The first-order valence-electron chi connectivity index (χ1n) is 6.15. The smallest absolute Gasteiger partial charge is 0.168 e. The van der Waals surface area contributed by atoms with Crippen LogP contribution in [0.3, 0.4) is 0 Å². The van der Waals surface area contributed by atoms with E-state index >= 15 is 0 Å². The van der Waals surface area contributed by atoms with E-state index in [9.17, 15) is 4.79 Å². The van der Waals surface area contributed by atoms with Crippen molar-refractivity contribution in [1.82, 2.24) is 4.98 Å². The average Bonchev–Trinajstić information content (AvgIpc) is 2.84. The highest BCUT2D eigenvalue weighted by atomic mass is 79.9. The molecule has 0 unspecified atom stereocenters. The molecule has 1 aromatic carbocycles. The standard InChI is InChI=1S/C14H14BrNO2/c15-11-2-1-3-12-13(11)10(8-16-12)14(17)9-4-6-18-7-5-9/h1-3,8-9,16H,4-7H2. The molecule has 2 heterocycles. The lowest BCUT2D eigenvalue weighted by Crippen LogP contribution is -2.23. The first-order chi connectivity index (χ1) is 8.77. The van der Waals surface area contributed by atoms with E-state index in [0.717, 1.165) is 33.8 Å². The summed E-state index contributed by atoms with van der Waals surface area (Å²) in [5, 5.41) is 0.994. The number of ketones is 1. The molecule has 1 fully saturated rings. The highest BCUT2D eigenvalue weighted by molar-refractivity contribution is 9.10. The van der Waals surface area contributed by atoms with E-state index in [-0.39, 0.29) is 11.7 Å². The lowest BCUT2D eigenvalue weighted by Gasteiger charge is -2.20. The van der Waals surface area contributed by atoms with Gasteiger partial charge in [-0.2, -0.15) is 0 Å². The first kappa shape index (κ1) is 11.9. The maximum absolute atomic E-state index is 12.5. The molecule has 1 N–H and O–H groups in total. The van der Waals surface area contributed by atoms with Crippen LogP contribution in [0.5, 0.6) is 0 Å². The SMILES string of the molecule is O=C(c1c[nH]c2cccc(Br)c12)C1CCOCC1. The molecule has 1 aliphatic rings. The average molecular weight is 308 g/mol. The van der Waals surface area contributed by atoms with Crippen LogP contribution < -0.4 is 0 Å². The second-order valence-electron chi connectivity index (χ2n) is 4.62. The van der Waals surface area contributed by atoms with Crippen LogP contribution in [0.1, 0.15) is 23.2 Å². The number of hydrogen-bond donors (Lipinski definition) is 1. The highest BCUT2D eigenvalue weighted by Crippen LogP contribution is 2.30. The second kappa shape index (κ2) is 4.86. The van der Waals surface area contributed by atoms with Gasteiger partial charge in [-0.3, -0.25) is 4.79 Å². The monoisotopic (exact) mass is 307 g/mol. The Bertz CT molecular complexity index is 584. The minimum atomic E-state index is 0.102. The third-order valence-corrected chi connectivity index (χ3v) is 4.17. The van der Waals surface area contributed by atoms with E-state index in [1.807, 2.05) is 24.4 Å². The fraction of sp³-hybridized carbons (Fsp3) is 0.357. The van der Waals surface area contributed by atoms with Gasteiger partial charge >= 0.3 is 0 Å². The number of hydrogen-bond acceptors (Lipinski definition) is 2. The molecule has 1 aromatic heterocycles. The lowest BCUT2D eigenvalue weighted by atomic mass is 9.91. The summed E-state index contributed by atoms with van der Waals surface area (Å²) in [5.74, 6) is 0.335. The maximum Gasteiger partial charge on any atom is 0.168 e. The number of fused-ring (bicyclic) bond motifs is 1. The maximum atomic E-state index is 12.5. The summed E-state index contributed by atoms with van der Waals surface area (Å²) in [6.07, 6.45) is 3.49. The number of carbonyl (C=O) groups is 1.